The fourth-order valence-electron chi connectivity index (χ4n) is 6.43. The zero-order valence-electron chi connectivity index (χ0n) is 20.7. The molecule has 0 heterocycles. The van der Waals surface area contributed by atoms with Gasteiger partial charge < -0.3 is 0 Å². The van der Waals surface area contributed by atoms with Crippen LogP contribution in [0.5, 0.6) is 0 Å². The van der Waals surface area contributed by atoms with Crippen LogP contribution in [0.2, 0.25) is 10.3 Å². The van der Waals surface area contributed by atoms with E-state index in [4.69, 9.17) is 8.92 Å². The van der Waals surface area contributed by atoms with Crippen molar-refractivity contribution in [1.29, 1.82) is 0 Å². The quantitative estimate of drug-likeness (QED) is 0.232. The standard InChI is InChI=1S/3C10H13.ClH.Sn/c3*1-9(2)8-10-6-4-3-5-7-10;;/h3*3-7H,8H2,1-2H3;1H;/q;;;;+1/p-1. The SMILES string of the molecule is C[C](C)(Cc1ccccc1)[Sn]([Cl])([C](C)(C)Cc1ccccc1)[C](C)(C)Cc1ccccc1. The van der Waals surface area contributed by atoms with E-state index in [-0.39, 0.29) is 10.3 Å². The van der Waals surface area contributed by atoms with Crippen LogP contribution in [0.25, 0.3) is 0 Å². The van der Waals surface area contributed by atoms with E-state index in [1.54, 1.807) is 0 Å². The predicted molar refractivity (Wildman–Crippen MR) is 144 cm³/mol. The third kappa shape index (κ3) is 5.28. The summed E-state index contributed by atoms with van der Waals surface area (Å²) in [7, 11) is 8.27. The van der Waals surface area contributed by atoms with E-state index in [1.165, 1.54) is 16.7 Å². The first-order valence-corrected chi connectivity index (χ1v) is 19.7. The van der Waals surface area contributed by atoms with Crippen molar-refractivity contribution in [2.45, 2.75) is 71.1 Å². The van der Waals surface area contributed by atoms with Crippen LogP contribution in [-0.4, -0.2) is 17.3 Å². The first-order valence-electron chi connectivity index (χ1n) is 11.8. The van der Waals surface area contributed by atoms with Gasteiger partial charge in [-0.1, -0.05) is 0 Å². The number of hydrogen-bond acceptors (Lipinski definition) is 0. The van der Waals surface area contributed by atoms with Gasteiger partial charge in [0, 0.05) is 0 Å². The van der Waals surface area contributed by atoms with Gasteiger partial charge in [-0.25, -0.2) is 0 Å². The molecule has 3 aromatic carbocycles. The number of halogens is 1. The molecule has 0 N–H and O–H groups in total. The molecule has 3 rings (SSSR count). The van der Waals surface area contributed by atoms with Crippen LogP contribution in [0.4, 0.5) is 0 Å². The average molecular weight is 554 g/mol. The van der Waals surface area contributed by atoms with Gasteiger partial charge in [-0.3, -0.25) is 0 Å². The Morgan fingerprint density at radius 3 is 0.906 bits per heavy atom. The van der Waals surface area contributed by atoms with Gasteiger partial charge in [0.15, 0.2) is 0 Å². The van der Waals surface area contributed by atoms with Crippen LogP contribution in [0.3, 0.4) is 0 Å². The fraction of sp³-hybridized carbons (Fsp3) is 0.400. The Labute approximate surface area is 204 Å². The van der Waals surface area contributed by atoms with Gasteiger partial charge in [0.05, 0.1) is 0 Å². The topological polar surface area (TPSA) is 0 Å². The van der Waals surface area contributed by atoms with Crippen molar-refractivity contribution >= 4 is 26.2 Å². The van der Waals surface area contributed by atoms with E-state index in [0.29, 0.717) is 0 Å². The molecule has 0 saturated carbocycles. The molecule has 0 radical (unpaired) electrons. The van der Waals surface area contributed by atoms with Crippen molar-refractivity contribution in [2.24, 2.45) is 0 Å². The summed E-state index contributed by atoms with van der Waals surface area (Å²) in [6.07, 6.45) is 3.09. The number of hydrogen-bond donors (Lipinski definition) is 0. The molecule has 0 aromatic heterocycles. The Morgan fingerprint density at radius 1 is 0.469 bits per heavy atom. The van der Waals surface area contributed by atoms with Crippen molar-refractivity contribution in [3.05, 3.63) is 108 Å². The Bertz CT molecular complexity index is 845. The van der Waals surface area contributed by atoms with Crippen LogP contribution >= 0.6 is 8.92 Å². The predicted octanol–water partition coefficient (Wildman–Crippen LogP) is 9.24. The normalized spacial score (nSPS) is 13.2. The zero-order chi connectivity index (χ0) is 23.5. The maximum absolute atomic E-state index is 8.27. The molecule has 0 bridgehead atoms. The second-order valence-corrected chi connectivity index (χ2v) is 30.4. The summed E-state index contributed by atoms with van der Waals surface area (Å²) in [5, 5.41) is 0. The molecule has 0 nitrogen and oxygen atoms in total. The molecule has 0 unspecified atom stereocenters. The van der Waals surface area contributed by atoms with E-state index >= 15 is 0 Å². The van der Waals surface area contributed by atoms with Crippen molar-refractivity contribution in [1.82, 2.24) is 0 Å². The molecule has 0 atom stereocenters. The summed E-state index contributed by atoms with van der Waals surface area (Å²) in [6.45, 7) is 14.8. The summed E-state index contributed by atoms with van der Waals surface area (Å²) in [4.78, 5) is 0. The van der Waals surface area contributed by atoms with Crippen LogP contribution in [-0.2, 0) is 19.3 Å². The number of rotatable bonds is 9. The molecule has 0 fully saturated rings. The van der Waals surface area contributed by atoms with E-state index in [1.807, 2.05) is 0 Å². The van der Waals surface area contributed by atoms with Gasteiger partial charge in [0.1, 0.15) is 0 Å². The zero-order valence-corrected chi connectivity index (χ0v) is 24.3. The molecule has 0 aliphatic heterocycles. The maximum atomic E-state index is 8.27. The van der Waals surface area contributed by atoms with Gasteiger partial charge >= 0.3 is 205 Å². The molecule has 32 heavy (non-hydrogen) atoms. The van der Waals surface area contributed by atoms with Gasteiger partial charge in [-0.05, 0) is 0 Å². The Morgan fingerprint density at radius 2 is 0.688 bits per heavy atom. The van der Waals surface area contributed by atoms with Gasteiger partial charge in [0.2, 0.25) is 0 Å². The average Bonchev–Trinajstić information content (AvgIpc) is 2.74. The first kappa shape index (κ1) is 25.4. The fourth-order valence-corrected chi connectivity index (χ4v) is 27.3. The molecule has 0 amide bonds. The summed E-state index contributed by atoms with van der Waals surface area (Å²) in [6, 6.07) is 32.8. The van der Waals surface area contributed by atoms with Crippen LogP contribution < -0.4 is 0 Å². The molecular weight excluding hydrogens is 514 g/mol. The summed E-state index contributed by atoms with van der Waals surface area (Å²) < 4.78 is 0.191. The summed E-state index contributed by atoms with van der Waals surface area (Å²) >= 11 is -3.55. The molecule has 0 aliphatic carbocycles. The minimum atomic E-state index is -3.55. The number of benzene rings is 3. The monoisotopic (exact) mass is 554 g/mol. The Balaban J connectivity index is 2.08. The van der Waals surface area contributed by atoms with E-state index in [2.05, 4.69) is 133 Å². The van der Waals surface area contributed by atoms with Gasteiger partial charge in [-0.2, -0.15) is 0 Å². The molecule has 3 aromatic rings. The molecular formula is C30H39ClSn. The first-order chi connectivity index (χ1) is 15.0. The summed E-state index contributed by atoms with van der Waals surface area (Å²) in [5.41, 5.74) is 4.18. The third-order valence-electron chi connectivity index (χ3n) is 7.26. The van der Waals surface area contributed by atoms with Crippen molar-refractivity contribution in [2.75, 3.05) is 0 Å². The summed E-state index contributed by atoms with van der Waals surface area (Å²) in [5.74, 6) is 0. The molecule has 0 aliphatic rings. The minimum absolute atomic E-state index is 0.0636. The molecule has 0 spiro atoms. The van der Waals surface area contributed by atoms with Crippen LogP contribution in [0.1, 0.15) is 58.2 Å². The van der Waals surface area contributed by atoms with Crippen LogP contribution in [0.15, 0.2) is 91.0 Å². The van der Waals surface area contributed by atoms with Crippen molar-refractivity contribution in [3.63, 3.8) is 0 Å². The third-order valence-corrected chi connectivity index (χ3v) is 35.0. The van der Waals surface area contributed by atoms with Gasteiger partial charge in [0.25, 0.3) is 0 Å². The molecule has 170 valence electrons. The van der Waals surface area contributed by atoms with E-state index in [0.717, 1.165) is 19.3 Å². The Hall–Kier alpha value is -1.25. The van der Waals surface area contributed by atoms with E-state index in [9.17, 15) is 0 Å². The second kappa shape index (κ2) is 9.93. The molecule has 2 heteroatoms. The van der Waals surface area contributed by atoms with Crippen molar-refractivity contribution < 1.29 is 0 Å². The van der Waals surface area contributed by atoms with E-state index < -0.39 is 17.3 Å². The Kier molecular flexibility index (Phi) is 7.88. The molecule has 0 saturated heterocycles. The van der Waals surface area contributed by atoms with Crippen LogP contribution in [0, 0.1) is 0 Å². The van der Waals surface area contributed by atoms with Crippen molar-refractivity contribution in [3.8, 4) is 0 Å². The second-order valence-electron chi connectivity index (χ2n) is 11.3. The van der Waals surface area contributed by atoms with Gasteiger partial charge in [-0.15, -0.1) is 0 Å².